The Bertz CT molecular complexity index is 419. The highest BCUT2D eigenvalue weighted by molar-refractivity contribution is 7.99. The maximum atomic E-state index is 5.60. The van der Waals surface area contributed by atoms with Gasteiger partial charge in [-0.2, -0.15) is 10.3 Å². The molecule has 18 heavy (non-hydrogen) atoms. The van der Waals surface area contributed by atoms with Crippen molar-refractivity contribution in [1.29, 1.82) is 0 Å². The molecule has 0 bridgehead atoms. The zero-order chi connectivity index (χ0) is 12.5. The van der Waals surface area contributed by atoms with E-state index < -0.39 is 0 Å². The van der Waals surface area contributed by atoms with Crippen molar-refractivity contribution in [2.45, 2.75) is 17.9 Å². The third kappa shape index (κ3) is 4.89. The maximum absolute atomic E-state index is 5.60. The SMILES string of the molecule is c1ccc(CCOCCCSc2cn[nH]n2)cc1. The van der Waals surface area contributed by atoms with Gasteiger partial charge in [-0.05, 0) is 18.4 Å². The Morgan fingerprint density at radius 1 is 1.17 bits per heavy atom. The van der Waals surface area contributed by atoms with E-state index in [2.05, 4.69) is 39.7 Å². The van der Waals surface area contributed by atoms with Crippen molar-refractivity contribution >= 4 is 11.8 Å². The molecule has 0 unspecified atom stereocenters. The lowest BCUT2D eigenvalue weighted by Gasteiger charge is -2.03. The smallest absolute Gasteiger partial charge is 0.138 e. The quantitative estimate of drug-likeness (QED) is 0.587. The van der Waals surface area contributed by atoms with Gasteiger partial charge in [0.25, 0.3) is 0 Å². The van der Waals surface area contributed by atoms with Gasteiger partial charge in [0.1, 0.15) is 5.03 Å². The van der Waals surface area contributed by atoms with Crippen LogP contribution in [-0.4, -0.2) is 34.4 Å². The van der Waals surface area contributed by atoms with E-state index in [1.165, 1.54) is 5.56 Å². The number of rotatable bonds is 8. The van der Waals surface area contributed by atoms with Crippen LogP contribution in [-0.2, 0) is 11.2 Å². The summed E-state index contributed by atoms with van der Waals surface area (Å²) in [7, 11) is 0. The molecule has 0 saturated heterocycles. The topological polar surface area (TPSA) is 50.8 Å². The molecular formula is C13H17N3OS. The molecule has 2 rings (SSSR count). The largest absolute Gasteiger partial charge is 0.381 e. The van der Waals surface area contributed by atoms with Crippen molar-refractivity contribution in [1.82, 2.24) is 15.4 Å². The van der Waals surface area contributed by atoms with E-state index in [0.717, 1.165) is 36.8 Å². The van der Waals surface area contributed by atoms with Gasteiger partial charge in [0.05, 0.1) is 12.8 Å². The fourth-order valence-corrected chi connectivity index (χ4v) is 2.24. The fourth-order valence-electron chi connectivity index (χ4n) is 1.54. The lowest BCUT2D eigenvalue weighted by atomic mass is 10.2. The molecule has 1 heterocycles. The summed E-state index contributed by atoms with van der Waals surface area (Å²) in [6.45, 7) is 1.59. The van der Waals surface area contributed by atoms with Gasteiger partial charge in [-0.3, -0.25) is 0 Å². The Kier molecular flexibility index (Phi) is 5.75. The van der Waals surface area contributed by atoms with E-state index in [0.29, 0.717) is 0 Å². The Morgan fingerprint density at radius 3 is 2.83 bits per heavy atom. The molecule has 2 aromatic rings. The summed E-state index contributed by atoms with van der Waals surface area (Å²) in [5, 5.41) is 11.3. The Morgan fingerprint density at radius 2 is 2.06 bits per heavy atom. The Labute approximate surface area is 111 Å². The molecule has 0 aliphatic heterocycles. The summed E-state index contributed by atoms with van der Waals surface area (Å²) in [5.41, 5.74) is 1.33. The minimum Gasteiger partial charge on any atom is -0.381 e. The number of nitrogens with zero attached hydrogens (tertiary/aromatic N) is 2. The number of nitrogens with one attached hydrogen (secondary N) is 1. The molecule has 96 valence electrons. The van der Waals surface area contributed by atoms with Crippen LogP contribution >= 0.6 is 11.8 Å². The van der Waals surface area contributed by atoms with E-state index in [1.807, 2.05) is 6.07 Å². The number of H-pyrrole nitrogens is 1. The first kappa shape index (κ1) is 13.1. The van der Waals surface area contributed by atoms with Crippen LogP contribution in [0.3, 0.4) is 0 Å². The summed E-state index contributed by atoms with van der Waals surface area (Å²) < 4.78 is 5.60. The van der Waals surface area contributed by atoms with Gasteiger partial charge in [-0.1, -0.05) is 30.3 Å². The van der Waals surface area contributed by atoms with Crippen LogP contribution in [0.2, 0.25) is 0 Å². The van der Waals surface area contributed by atoms with Crippen LogP contribution in [0.25, 0.3) is 0 Å². The Hall–Kier alpha value is -1.33. The van der Waals surface area contributed by atoms with E-state index in [4.69, 9.17) is 4.74 Å². The highest BCUT2D eigenvalue weighted by atomic mass is 32.2. The van der Waals surface area contributed by atoms with Gasteiger partial charge in [0.2, 0.25) is 0 Å². The van der Waals surface area contributed by atoms with Crippen LogP contribution in [0.1, 0.15) is 12.0 Å². The third-order valence-electron chi connectivity index (χ3n) is 2.45. The van der Waals surface area contributed by atoms with Gasteiger partial charge in [-0.25, -0.2) is 0 Å². The first-order valence-electron chi connectivity index (χ1n) is 6.05. The second kappa shape index (κ2) is 7.89. The molecule has 1 N–H and O–H groups in total. The summed E-state index contributed by atoms with van der Waals surface area (Å²) in [6, 6.07) is 10.4. The molecule has 0 amide bonds. The minimum atomic E-state index is 0.790. The molecule has 0 saturated carbocycles. The number of aromatic amines is 1. The van der Waals surface area contributed by atoms with E-state index in [-0.39, 0.29) is 0 Å². The number of ether oxygens (including phenoxy) is 1. The normalized spacial score (nSPS) is 10.7. The van der Waals surface area contributed by atoms with Crippen LogP contribution in [0, 0.1) is 0 Å². The molecule has 0 spiro atoms. The molecule has 1 aromatic carbocycles. The molecule has 0 radical (unpaired) electrons. The molecule has 4 nitrogen and oxygen atoms in total. The second-order valence-corrected chi connectivity index (χ2v) is 4.97. The van der Waals surface area contributed by atoms with Crippen molar-refractivity contribution in [3.05, 3.63) is 42.1 Å². The summed E-state index contributed by atoms with van der Waals surface area (Å²) in [4.78, 5) is 0. The lowest BCUT2D eigenvalue weighted by Crippen LogP contribution is -2.01. The molecule has 0 aliphatic rings. The monoisotopic (exact) mass is 263 g/mol. The molecular weight excluding hydrogens is 246 g/mol. The highest BCUT2D eigenvalue weighted by Crippen LogP contribution is 2.13. The fraction of sp³-hybridized carbons (Fsp3) is 0.385. The molecule has 5 heteroatoms. The Balaban J connectivity index is 1.47. The zero-order valence-corrected chi connectivity index (χ0v) is 11.0. The average Bonchev–Trinajstić information content (AvgIpc) is 2.92. The van der Waals surface area contributed by atoms with E-state index in [1.54, 1.807) is 18.0 Å². The first-order valence-corrected chi connectivity index (χ1v) is 7.04. The van der Waals surface area contributed by atoms with Crippen molar-refractivity contribution in [3.63, 3.8) is 0 Å². The molecule has 0 aliphatic carbocycles. The number of benzene rings is 1. The first-order chi connectivity index (χ1) is 8.95. The highest BCUT2D eigenvalue weighted by Gasteiger charge is 1.97. The predicted molar refractivity (Wildman–Crippen MR) is 72.7 cm³/mol. The summed E-state index contributed by atoms with van der Waals surface area (Å²) in [5.74, 6) is 1.01. The average molecular weight is 263 g/mol. The maximum Gasteiger partial charge on any atom is 0.138 e. The van der Waals surface area contributed by atoms with Crippen LogP contribution < -0.4 is 0 Å². The van der Waals surface area contributed by atoms with Crippen molar-refractivity contribution in [3.8, 4) is 0 Å². The van der Waals surface area contributed by atoms with Gasteiger partial charge in [-0.15, -0.1) is 16.9 Å². The zero-order valence-electron chi connectivity index (χ0n) is 10.2. The molecule has 0 fully saturated rings. The molecule has 0 atom stereocenters. The van der Waals surface area contributed by atoms with E-state index in [9.17, 15) is 0 Å². The van der Waals surface area contributed by atoms with Gasteiger partial charge in [0, 0.05) is 12.4 Å². The lowest BCUT2D eigenvalue weighted by molar-refractivity contribution is 0.138. The van der Waals surface area contributed by atoms with Crippen molar-refractivity contribution in [2.75, 3.05) is 19.0 Å². The summed E-state index contributed by atoms with van der Waals surface area (Å²) >= 11 is 1.70. The predicted octanol–water partition coefficient (Wildman–Crippen LogP) is 2.55. The second-order valence-electron chi connectivity index (χ2n) is 3.86. The van der Waals surface area contributed by atoms with Crippen LogP contribution in [0.4, 0.5) is 0 Å². The van der Waals surface area contributed by atoms with Gasteiger partial charge < -0.3 is 4.74 Å². The summed E-state index contributed by atoms with van der Waals surface area (Å²) in [6.07, 6.45) is 3.75. The van der Waals surface area contributed by atoms with Gasteiger partial charge in [0.15, 0.2) is 0 Å². The standard InChI is InChI=1S/C13H17N3OS/c1-2-5-12(6-3-1)7-9-17-8-4-10-18-13-11-14-16-15-13/h1-3,5-6,11H,4,7-10H2,(H,14,15,16). The van der Waals surface area contributed by atoms with Crippen molar-refractivity contribution < 1.29 is 4.74 Å². The minimum absolute atomic E-state index is 0.790. The number of aromatic nitrogens is 3. The van der Waals surface area contributed by atoms with E-state index >= 15 is 0 Å². The number of hydrogen-bond donors (Lipinski definition) is 1. The van der Waals surface area contributed by atoms with Crippen LogP contribution in [0.5, 0.6) is 0 Å². The van der Waals surface area contributed by atoms with Gasteiger partial charge >= 0.3 is 0 Å². The van der Waals surface area contributed by atoms with Crippen LogP contribution in [0.15, 0.2) is 41.6 Å². The number of thioether (sulfide) groups is 1. The molecule has 1 aromatic heterocycles. The van der Waals surface area contributed by atoms with Crippen molar-refractivity contribution in [2.24, 2.45) is 0 Å². The third-order valence-corrected chi connectivity index (χ3v) is 3.44. The number of hydrogen-bond acceptors (Lipinski definition) is 4.